The number of hydrogen-bond acceptors (Lipinski definition) is 8. The van der Waals surface area contributed by atoms with Gasteiger partial charge in [-0.1, -0.05) is 13.8 Å². The molecular formula is C20H34N4O7. The Bertz CT molecular complexity index is 688. The highest BCUT2D eigenvalue weighted by molar-refractivity contribution is 5.93. The highest BCUT2D eigenvalue weighted by Crippen LogP contribution is 2.17. The molecule has 0 spiro atoms. The van der Waals surface area contributed by atoms with Gasteiger partial charge < -0.3 is 31.2 Å². The number of hydrogen-bond donors (Lipinski definition) is 4. The quantitative estimate of drug-likeness (QED) is 0.332. The molecule has 0 aliphatic carbocycles. The van der Waals surface area contributed by atoms with Gasteiger partial charge in [0.25, 0.3) is 0 Å². The first-order chi connectivity index (χ1) is 14.3. The Kier molecular flexibility index (Phi) is 9.89. The predicted octanol–water partition coefficient (Wildman–Crippen LogP) is -0.382. The lowest BCUT2D eigenvalue weighted by molar-refractivity contribution is -0.151. The summed E-state index contributed by atoms with van der Waals surface area (Å²) in [5.41, 5.74) is 4.56. The lowest BCUT2D eigenvalue weighted by Gasteiger charge is -2.25. The second-order valence-corrected chi connectivity index (χ2v) is 8.78. The van der Waals surface area contributed by atoms with E-state index in [0.29, 0.717) is 13.0 Å². The van der Waals surface area contributed by atoms with Gasteiger partial charge in [-0.2, -0.15) is 0 Å². The zero-order chi connectivity index (χ0) is 23.8. The van der Waals surface area contributed by atoms with Crippen molar-refractivity contribution in [2.75, 3.05) is 19.7 Å². The van der Waals surface area contributed by atoms with Crippen LogP contribution in [-0.4, -0.2) is 67.0 Å². The lowest BCUT2D eigenvalue weighted by atomic mass is 9.96. The first kappa shape index (κ1) is 26.3. The average Bonchev–Trinajstić information content (AvgIpc) is 3.06. The lowest BCUT2D eigenvalue weighted by Crippen LogP contribution is -2.49. The smallest absolute Gasteiger partial charge is 0.408 e. The molecule has 0 bridgehead atoms. The number of carbonyl (C=O) groups is 5. The van der Waals surface area contributed by atoms with Gasteiger partial charge in [0.05, 0.1) is 12.6 Å². The van der Waals surface area contributed by atoms with Crippen molar-refractivity contribution >= 4 is 29.7 Å². The third-order valence-corrected chi connectivity index (χ3v) is 4.54. The molecule has 31 heavy (non-hydrogen) atoms. The Balaban J connectivity index is 2.73. The number of amides is 3. The second kappa shape index (κ2) is 11.6. The summed E-state index contributed by atoms with van der Waals surface area (Å²) < 4.78 is 10.3. The van der Waals surface area contributed by atoms with E-state index in [1.165, 1.54) is 0 Å². The molecule has 5 N–H and O–H groups in total. The van der Waals surface area contributed by atoms with Crippen LogP contribution in [-0.2, 0) is 28.7 Å². The van der Waals surface area contributed by atoms with Crippen LogP contribution < -0.4 is 21.7 Å². The maximum Gasteiger partial charge on any atom is 0.408 e. The minimum atomic E-state index is -1.03. The van der Waals surface area contributed by atoms with E-state index in [9.17, 15) is 24.0 Å². The molecule has 11 heteroatoms. The van der Waals surface area contributed by atoms with Crippen LogP contribution in [0.1, 0.15) is 47.5 Å². The van der Waals surface area contributed by atoms with E-state index in [2.05, 4.69) is 16.0 Å². The molecule has 176 valence electrons. The average molecular weight is 443 g/mol. The van der Waals surface area contributed by atoms with Crippen molar-refractivity contribution in [2.24, 2.45) is 17.6 Å². The van der Waals surface area contributed by atoms with E-state index in [1.54, 1.807) is 34.6 Å². The predicted molar refractivity (Wildman–Crippen MR) is 111 cm³/mol. The molecule has 0 aromatic carbocycles. The van der Waals surface area contributed by atoms with E-state index < -0.39 is 54.0 Å². The van der Waals surface area contributed by atoms with Gasteiger partial charge in [-0.15, -0.1) is 0 Å². The number of ether oxygens (including phenoxy) is 2. The molecule has 0 aromatic rings. The summed E-state index contributed by atoms with van der Waals surface area (Å²) in [4.78, 5) is 60.6. The van der Waals surface area contributed by atoms with Crippen molar-refractivity contribution in [3.63, 3.8) is 0 Å². The molecule has 1 saturated heterocycles. The van der Waals surface area contributed by atoms with Gasteiger partial charge in [0.2, 0.25) is 11.8 Å². The van der Waals surface area contributed by atoms with Crippen molar-refractivity contribution in [1.82, 2.24) is 16.0 Å². The molecule has 1 heterocycles. The number of carbonyl (C=O) groups excluding carboxylic acids is 5. The van der Waals surface area contributed by atoms with Crippen molar-refractivity contribution < 1.29 is 33.4 Å². The maximum absolute atomic E-state index is 12.6. The van der Waals surface area contributed by atoms with Gasteiger partial charge in [-0.05, 0) is 39.5 Å². The van der Waals surface area contributed by atoms with Crippen LogP contribution >= 0.6 is 0 Å². The molecular weight excluding hydrogens is 408 g/mol. The van der Waals surface area contributed by atoms with E-state index in [0.717, 1.165) is 0 Å². The van der Waals surface area contributed by atoms with Gasteiger partial charge in [0.15, 0.2) is 12.4 Å². The number of Topliss-reactive ketones (excluding diaryl/α,β-unsaturated/α-hetero) is 1. The van der Waals surface area contributed by atoms with Gasteiger partial charge in [-0.3, -0.25) is 14.4 Å². The maximum atomic E-state index is 12.6. The third kappa shape index (κ3) is 9.33. The molecule has 1 rings (SSSR count). The minimum Gasteiger partial charge on any atom is -0.456 e. The fourth-order valence-corrected chi connectivity index (χ4v) is 2.94. The van der Waals surface area contributed by atoms with Gasteiger partial charge in [0, 0.05) is 12.5 Å². The fourth-order valence-electron chi connectivity index (χ4n) is 2.94. The summed E-state index contributed by atoms with van der Waals surface area (Å²) in [7, 11) is 0. The molecule has 1 aliphatic heterocycles. The Morgan fingerprint density at radius 1 is 1.19 bits per heavy atom. The standard InChI is InChI=1S/C20H34N4O7/c1-11(2)16(24-19(29)31-20(3,4)5)18(28)30-10-14(25)13(23-15(26)9-21)8-12-6-7-22-17(12)27/h11-13,16H,6-10,21H2,1-5H3,(H,22,27)(H,23,26)(H,24,29). The van der Waals surface area contributed by atoms with Crippen LogP contribution in [0.5, 0.6) is 0 Å². The number of alkyl carbamates (subject to hydrolysis) is 1. The van der Waals surface area contributed by atoms with Crippen LogP contribution in [0.2, 0.25) is 0 Å². The number of rotatable bonds is 10. The molecule has 1 fully saturated rings. The molecule has 0 saturated carbocycles. The Morgan fingerprint density at radius 2 is 1.84 bits per heavy atom. The van der Waals surface area contributed by atoms with Gasteiger partial charge >= 0.3 is 12.1 Å². The van der Waals surface area contributed by atoms with Crippen LogP contribution in [0.25, 0.3) is 0 Å². The first-order valence-electron chi connectivity index (χ1n) is 10.3. The summed E-state index contributed by atoms with van der Waals surface area (Å²) in [6, 6.07) is -2.05. The fraction of sp³-hybridized carbons (Fsp3) is 0.750. The number of nitrogens with two attached hydrogens (primary N) is 1. The van der Waals surface area contributed by atoms with Crippen molar-refractivity contribution in [3.05, 3.63) is 0 Å². The summed E-state index contributed by atoms with van der Waals surface area (Å²) in [5, 5.41) is 7.59. The number of ketones is 1. The highest BCUT2D eigenvalue weighted by Gasteiger charge is 2.33. The van der Waals surface area contributed by atoms with Gasteiger partial charge in [0.1, 0.15) is 11.6 Å². The van der Waals surface area contributed by atoms with Crippen LogP contribution in [0, 0.1) is 11.8 Å². The van der Waals surface area contributed by atoms with Crippen LogP contribution in [0.15, 0.2) is 0 Å². The summed E-state index contributed by atoms with van der Waals surface area (Å²) >= 11 is 0. The minimum absolute atomic E-state index is 0.0811. The normalized spacial score (nSPS) is 18.0. The molecule has 0 radical (unpaired) electrons. The van der Waals surface area contributed by atoms with E-state index in [-0.39, 0.29) is 24.8 Å². The van der Waals surface area contributed by atoms with E-state index in [1.807, 2.05) is 0 Å². The zero-order valence-corrected chi connectivity index (χ0v) is 18.8. The summed E-state index contributed by atoms with van der Waals surface area (Å²) in [6.45, 7) is 8.02. The topological polar surface area (TPSA) is 166 Å². The number of nitrogens with one attached hydrogen (secondary N) is 3. The Morgan fingerprint density at radius 3 is 2.32 bits per heavy atom. The van der Waals surface area contributed by atoms with E-state index >= 15 is 0 Å². The number of esters is 1. The van der Waals surface area contributed by atoms with Crippen molar-refractivity contribution in [3.8, 4) is 0 Å². The van der Waals surface area contributed by atoms with E-state index in [4.69, 9.17) is 15.2 Å². The Hall–Kier alpha value is -2.69. The molecule has 0 aromatic heterocycles. The highest BCUT2D eigenvalue weighted by atomic mass is 16.6. The zero-order valence-electron chi connectivity index (χ0n) is 18.8. The van der Waals surface area contributed by atoms with Crippen LogP contribution in [0.3, 0.4) is 0 Å². The third-order valence-electron chi connectivity index (χ3n) is 4.54. The summed E-state index contributed by atoms with van der Waals surface area (Å²) in [6.07, 6.45) is -0.164. The summed E-state index contributed by atoms with van der Waals surface area (Å²) in [5.74, 6) is -2.90. The monoisotopic (exact) mass is 442 g/mol. The van der Waals surface area contributed by atoms with Gasteiger partial charge in [-0.25, -0.2) is 9.59 Å². The molecule has 3 amide bonds. The second-order valence-electron chi connectivity index (χ2n) is 8.78. The SMILES string of the molecule is CC(C)C(NC(=O)OC(C)(C)C)C(=O)OCC(=O)C(CC1CCNC1=O)NC(=O)CN. The molecule has 11 nitrogen and oxygen atoms in total. The molecule has 3 unspecified atom stereocenters. The van der Waals surface area contributed by atoms with Crippen LogP contribution in [0.4, 0.5) is 4.79 Å². The first-order valence-corrected chi connectivity index (χ1v) is 10.3. The Labute approximate surface area is 182 Å². The molecule has 3 atom stereocenters. The van der Waals surface area contributed by atoms with Crippen molar-refractivity contribution in [1.29, 1.82) is 0 Å². The molecule has 1 aliphatic rings. The van der Waals surface area contributed by atoms with Crippen molar-refractivity contribution in [2.45, 2.75) is 65.1 Å². The largest absolute Gasteiger partial charge is 0.456 e.